The van der Waals surface area contributed by atoms with Gasteiger partial charge in [0.05, 0.1) is 10.7 Å². The summed E-state index contributed by atoms with van der Waals surface area (Å²) in [5.74, 6) is 0. The average molecular weight is 259 g/mol. The number of sulfonamides is 1. The van der Waals surface area contributed by atoms with Crippen molar-refractivity contribution in [3.63, 3.8) is 0 Å². The maximum Gasteiger partial charge on any atom is 0.241 e. The van der Waals surface area contributed by atoms with Crippen molar-refractivity contribution in [1.29, 1.82) is 0 Å². The lowest BCUT2D eigenvalue weighted by Gasteiger charge is -2.14. The van der Waals surface area contributed by atoms with Crippen LogP contribution < -0.4 is 10.5 Å². The van der Waals surface area contributed by atoms with Gasteiger partial charge in [0.1, 0.15) is 5.25 Å². The van der Waals surface area contributed by atoms with Crippen molar-refractivity contribution in [3.05, 3.63) is 24.0 Å². The highest BCUT2D eigenvalue weighted by Crippen LogP contribution is 2.15. The highest BCUT2D eigenvalue weighted by molar-refractivity contribution is 7.95. The Hall–Kier alpha value is -1.21. The van der Waals surface area contributed by atoms with E-state index < -0.39 is 15.3 Å². The summed E-state index contributed by atoms with van der Waals surface area (Å²) in [6, 6.07) is 1.58. The van der Waals surface area contributed by atoms with Gasteiger partial charge in [-0.2, -0.15) is 0 Å². The van der Waals surface area contributed by atoms with Crippen LogP contribution in [0.3, 0.4) is 0 Å². The lowest BCUT2D eigenvalue weighted by molar-refractivity contribution is 0.598. The molecule has 3 N–H and O–H groups in total. The molecule has 0 radical (unpaired) electrons. The minimum atomic E-state index is -3.58. The van der Waals surface area contributed by atoms with E-state index in [0.29, 0.717) is 5.69 Å². The second-order valence-electron chi connectivity index (χ2n) is 3.38. The summed E-state index contributed by atoms with van der Waals surface area (Å²) in [6.07, 6.45) is 3.08. The van der Waals surface area contributed by atoms with Crippen LogP contribution in [0.2, 0.25) is 0 Å². The predicted octanol–water partition coefficient (Wildman–Crippen LogP) is 0.806. The number of aromatic nitrogens is 1. The lowest BCUT2D eigenvalue weighted by atomic mass is 10.3. The molecule has 1 aromatic heterocycles. The molecular weight excluding hydrogens is 246 g/mol. The molecule has 0 aromatic carbocycles. The molecule has 0 aliphatic heterocycles. The van der Waals surface area contributed by atoms with Gasteiger partial charge in [0.15, 0.2) is 0 Å². The van der Waals surface area contributed by atoms with Gasteiger partial charge in [0, 0.05) is 12.4 Å². The fourth-order valence-electron chi connectivity index (χ4n) is 0.982. The Morgan fingerprint density at radius 3 is 2.75 bits per heavy atom. The number of pyridine rings is 1. The van der Waals surface area contributed by atoms with Gasteiger partial charge in [-0.1, -0.05) is 12.2 Å². The molecule has 7 heteroatoms. The molecule has 0 saturated heterocycles. The largest absolute Gasteiger partial charge is 0.392 e. The summed E-state index contributed by atoms with van der Waals surface area (Å²) in [6.45, 7) is 3.21. The first kappa shape index (κ1) is 12.9. The maximum atomic E-state index is 11.8. The molecule has 0 amide bonds. The van der Waals surface area contributed by atoms with Gasteiger partial charge >= 0.3 is 0 Å². The highest BCUT2D eigenvalue weighted by Gasteiger charge is 2.23. The van der Waals surface area contributed by atoms with Crippen LogP contribution in [-0.4, -0.2) is 23.6 Å². The van der Waals surface area contributed by atoms with E-state index in [0.717, 1.165) is 5.56 Å². The number of anilines is 1. The van der Waals surface area contributed by atoms with Crippen LogP contribution in [0.4, 0.5) is 5.69 Å². The zero-order valence-electron chi connectivity index (χ0n) is 8.97. The SMILES string of the molecule is Cc1cnccc1NS(=O)(=O)C(C)C(N)=S. The Morgan fingerprint density at radius 2 is 2.25 bits per heavy atom. The molecule has 1 aromatic rings. The number of nitrogens with one attached hydrogen (secondary N) is 1. The molecule has 1 unspecified atom stereocenters. The van der Waals surface area contributed by atoms with E-state index in [1.807, 2.05) is 0 Å². The Balaban J connectivity index is 2.98. The molecular formula is C9H13N3O2S2. The summed E-state index contributed by atoms with van der Waals surface area (Å²) >= 11 is 4.66. The van der Waals surface area contributed by atoms with Crippen LogP contribution in [0, 0.1) is 6.92 Å². The Morgan fingerprint density at radius 1 is 1.62 bits per heavy atom. The fourth-order valence-corrected chi connectivity index (χ4v) is 2.38. The molecule has 1 rings (SSSR count). The Bertz CT molecular complexity index is 499. The van der Waals surface area contributed by atoms with Gasteiger partial charge in [-0.3, -0.25) is 9.71 Å². The minimum Gasteiger partial charge on any atom is -0.392 e. The van der Waals surface area contributed by atoms with Gasteiger partial charge in [-0.25, -0.2) is 8.42 Å². The van der Waals surface area contributed by atoms with Crippen molar-refractivity contribution in [2.75, 3.05) is 4.72 Å². The van der Waals surface area contributed by atoms with E-state index in [-0.39, 0.29) is 4.99 Å². The summed E-state index contributed by atoms with van der Waals surface area (Å²) in [5.41, 5.74) is 6.54. The monoisotopic (exact) mass is 259 g/mol. The number of nitrogens with zero attached hydrogens (tertiary/aromatic N) is 1. The molecule has 0 aliphatic carbocycles. The second-order valence-corrected chi connectivity index (χ2v) is 5.85. The van der Waals surface area contributed by atoms with Gasteiger partial charge in [0.2, 0.25) is 10.0 Å². The Labute approximate surface area is 100 Å². The summed E-state index contributed by atoms with van der Waals surface area (Å²) in [7, 11) is -3.58. The van der Waals surface area contributed by atoms with E-state index in [9.17, 15) is 8.42 Å². The van der Waals surface area contributed by atoms with Gasteiger partial charge in [0.25, 0.3) is 0 Å². The fraction of sp³-hybridized carbons (Fsp3) is 0.333. The average Bonchev–Trinajstić information content (AvgIpc) is 2.20. The zero-order chi connectivity index (χ0) is 12.3. The first-order valence-corrected chi connectivity index (χ1v) is 6.51. The van der Waals surface area contributed by atoms with Crippen LogP contribution in [-0.2, 0) is 10.0 Å². The van der Waals surface area contributed by atoms with Crippen LogP contribution in [0.25, 0.3) is 0 Å². The summed E-state index contributed by atoms with van der Waals surface area (Å²) < 4.78 is 26.0. The number of hydrogen-bond acceptors (Lipinski definition) is 4. The number of aryl methyl sites for hydroxylation is 1. The van der Waals surface area contributed by atoms with Gasteiger partial charge < -0.3 is 5.73 Å². The number of nitrogens with two attached hydrogens (primary N) is 1. The summed E-state index contributed by atoms with van der Waals surface area (Å²) in [4.78, 5) is 3.81. The molecule has 0 spiro atoms. The van der Waals surface area contributed by atoms with E-state index in [1.54, 1.807) is 19.2 Å². The van der Waals surface area contributed by atoms with E-state index in [1.165, 1.54) is 13.1 Å². The van der Waals surface area contributed by atoms with Crippen molar-refractivity contribution in [2.45, 2.75) is 19.1 Å². The third-order valence-electron chi connectivity index (χ3n) is 2.14. The molecule has 0 aliphatic rings. The number of thiocarbonyl (C=S) groups is 1. The van der Waals surface area contributed by atoms with Crippen LogP contribution in [0.1, 0.15) is 12.5 Å². The quantitative estimate of drug-likeness (QED) is 0.781. The van der Waals surface area contributed by atoms with Crippen molar-refractivity contribution >= 4 is 32.9 Å². The smallest absolute Gasteiger partial charge is 0.241 e. The molecule has 1 heterocycles. The third-order valence-corrected chi connectivity index (χ3v) is 4.33. The third kappa shape index (κ3) is 2.89. The van der Waals surface area contributed by atoms with Gasteiger partial charge in [-0.05, 0) is 25.5 Å². The van der Waals surface area contributed by atoms with Crippen LogP contribution >= 0.6 is 12.2 Å². The molecule has 0 bridgehead atoms. The minimum absolute atomic E-state index is 0.0563. The van der Waals surface area contributed by atoms with Crippen molar-refractivity contribution < 1.29 is 8.42 Å². The molecule has 88 valence electrons. The van der Waals surface area contributed by atoms with E-state index >= 15 is 0 Å². The first-order chi connectivity index (χ1) is 7.34. The predicted molar refractivity (Wildman–Crippen MR) is 67.8 cm³/mol. The van der Waals surface area contributed by atoms with Crippen LogP contribution in [0.5, 0.6) is 0 Å². The second kappa shape index (κ2) is 4.75. The normalized spacial score (nSPS) is 13.1. The van der Waals surface area contributed by atoms with E-state index in [2.05, 4.69) is 21.9 Å². The van der Waals surface area contributed by atoms with Crippen LogP contribution in [0.15, 0.2) is 18.5 Å². The van der Waals surface area contributed by atoms with Crippen molar-refractivity contribution in [2.24, 2.45) is 5.73 Å². The standard InChI is InChI=1S/C9H13N3O2S2/c1-6-5-11-4-3-8(6)12-16(13,14)7(2)9(10)15/h3-5,7H,1-2H3,(H2,10,15)(H,11,12). The topological polar surface area (TPSA) is 85.1 Å². The summed E-state index contributed by atoms with van der Waals surface area (Å²) in [5, 5.41) is -0.907. The first-order valence-electron chi connectivity index (χ1n) is 4.56. The number of rotatable bonds is 4. The maximum absolute atomic E-state index is 11.8. The highest BCUT2D eigenvalue weighted by atomic mass is 32.2. The Kier molecular flexibility index (Phi) is 3.82. The molecule has 5 nitrogen and oxygen atoms in total. The van der Waals surface area contributed by atoms with Crippen molar-refractivity contribution in [1.82, 2.24) is 4.98 Å². The van der Waals surface area contributed by atoms with Crippen molar-refractivity contribution in [3.8, 4) is 0 Å². The molecule has 1 atom stereocenters. The lowest BCUT2D eigenvalue weighted by Crippen LogP contribution is -2.35. The van der Waals surface area contributed by atoms with Gasteiger partial charge in [-0.15, -0.1) is 0 Å². The molecule has 16 heavy (non-hydrogen) atoms. The number of hydrogen-bond donors (Lipinski definition) is 2. The van der Waals surface area contributed by atoms with E-state index in [4.69, 9.17) is 5.73 Å². The molecule has 0 saturated carbocycles. The zero-order valence-corrected chi connectivity index (χ0v) is 10.6. The molecule has 0 fully saturated rings.